The zero-order chi connectivity index (χ0) is 14.8. The first-order valence-corrected chi connectivity index (χ1v) is 6.38. The Bertz CT molecular complexity index is 825. The molecule has 0 radical (unpaired) electrons. The molecule has 5 heteroatoms. The smallest absolute Gasteiger partial charge is 0.333 e. The van der Waals surface area contributed by atoms with E-state index in [2.05, 4.69) is 5.32 Å². The number of nitrogens with zero attached hydrogens (tertiary/aromatic N) is 1. The summed E-state index contributed by atoms with van der Waals surface area (Å²) in [5.74, 6) is -0.356. The van der Waals surface area contributed by atoms with Crippen LogP contribution in [0, 0.1) is 10.1 Å². The summed E-state index contributed by atoms with van der Waals surface area (Å²) < 4.78 is 0. The lowest BCUT2D eigenvalue weighted by molar-refractivity contribution is -0.384. The van der Waals surface area contributed by atoms with Gasteiger partial charge in [-0.2, -0.15) is 0 Å². The van der Waals surface area contributed by atoms with Crippen molar-refractivity contribution in [2.75, 3.05) is 5.32 Å². The lowest BCUT2D eigenvalue weighted by Gasteiger charge is -2.10. The SMILES string of the molecule is O=[N+]([O-])c1c(O)cccc1Nc1cccc2ccccc12. The summed E-state index contributed by atoms with van der Waals surface area (Å²) in [6, 6.07) is 17.9. The van der Waals surface area contributed by atoms with Crippen LogP contribution < -0.4 is 5.32 Å². The first-order chi connectivity index (χ1) is 10.2. The van der Waals surface area contributed by atoms with E-state index in [1.807, 2.05) is 42.5 Å². The Labute approximate surface area is 120 Å². The summed E-state index contributed by atoms with van der Waals surface area (Å²) in [5, 5.41) is 25.8. The van der Waals surface area contributed by atoms with Crippen molar-refractivity contribution in [1.82, 2.24) is 0 Å². The predicted octanol–water partition coefficient (Wildman–Crippen LogP) is 4.20. The molecule has 0 bridgehead atoms. The number of hydrogen-bond acceptors (Lipinski definition) is 4. The first kappa shape index (κ1) is 12.9. The molecule has 0 amide bonds. The molecular weight excluding hydrogens is 268 g/mol. The maximum Gasteiger partial charge on any atom is 0.333 e. The Morgan fingerprint density at radius 2 is 1.57 bits per heavy atom. The van der Waals surface area contributed by atoms with E-state index in [0.29, 0.717) is 0 Å². The van der Waals surface area contributed by atoms with Crippen LogP contribution in [-0.2, 0) is 0 Å². The highest BCUT2D eigenvalue weighted by Gasteiger charge is 2.19. The molecule has 0 aromatic heterocycles. The maximum atomic E-state index is 11.1. The van der Waals surface area contributed by atoms with Gasteiger partial charge in [0.05, 0.1) is 4.92 Å². The van der Waals surface area contributed by atoms with Crippen molar-refractivity contribution in [1.29, 1.82) is 0 Å². The summed E-state index contributed by atoms with van der Waals surface area (Å²) in [5.41, 5.74) is 0.684. The molecule has 0 fully saturated rings. The van der Waals surface area contributed by atoms with Crippen molar-refractivity contribution >= 4 is 27.8 Å². The number of fused-ring (bicyclic) bond motifs is 1. The van der Waals surface area contributed by atoms with Crippen LogP contribution in [-0.4, -0.2) is 10.0 Å². The third-order valence-corrected chi connectivity index (χ3v) is 3.26. The van der Waals surface area contributed by atoms with Gasteiger partial charge in [0.25, 0.3) is 0 Å². The zero-order valence-electron chi connectivity index (χ0n) is 11.0. The van der Waals surface area contributed by atoms with Gasteiger partial charge in [-0.3, -0.25) is 10.1 Å². The van der Waals surface area contributed by atoms with E-state index in [1.54, 1.807) is 12.1 Å². The first-order valence-electron chi connectivity index (χ1n) is 6.38. The minimum Gasteiger partial charge on any atom is -0.502 e. The van der Waals surface area contributed by atoms with Crippen LogP contribution in [0.1, 0.15) is 0 Å². The Morgan fingerprint density at radius 3 is 2.38 bits per heavy atom. The van der Waals surface area contributed by atoms with Crippen molar-refractivity contribution in [3.8, 4) is 5.75 Å². The number of hydrogen-bond donors (Lipinski definition) is 2. The Balaban J connectivity index is 2.12. The molecule has 3 aromatic carbocycles. The van der Waals surface area contributed by atoms with E-state index in [9.17, 15) is 15.2 Å². The second-order valence-corrected chi connectivity index (χ2v) is 4.58. The number of phenols is 1. The molecule has 0 heterocycles. The normalized spacial score (nSPS) is 10.5. The van der Waals surface area contributed by atoms with Crippen LogP contribution >= 0.6 is 0 Å². The summed E-state index contributed by atoms with van der Waals surface area (Å²) in [4.78, 5) is 10.5. The summed E-state index contributed by atoms with van der Waals surface area (Å²) >= 11 is 0. The number of nitrogens with one attached hydrogen (secondary N) is 1. The van der Waals surface area contributed by atoms with Gasteiger partial charge in [-0.05, 0) is 23.6 Å². The second-order valence-electron chi connectivity index (χ2n) is 4.58. The number of para-hydroxylation sites is 1. The highest BCUT2D eigenvalue weighted by atomic mass is 16.6. The molecule has 5 nitrogen and oxygen atoms in total. The van der Waals surface area contributed by atoms with Gasteiger partial charge in [-0.1, -0.05) is 42.5 Å². The van der Waals surface area contributed by atoms with Gasteiger partial charge in [0, 0.05) is 11.1 Å². The van der Waals surface area contributed by atoms with Gasteiger partial charge in [0.2, 0.25) is 0 Å². The second kappa shape index (κ2) is 5.13. The molecule has 2 N–H and O–H groups in total. The van der Waals surface area contributed by atoms with E-state index in [-0.39, 0.29) is 17.1 Å². The van der Waals surface area contributed by atoms with Gasteiger partial charge in [0.15, 0.2) is 5.75 Å². The fourth-order valence-electron chi connectivity index (χ4n) is 2.30. The van der Waals surface area contributed by atoms with Crippen molar-refractivity contribution in [2.45, 2.75) is 0 Å². The number of rotatable bonds is 3. The molecular formula is C16H12N2O3. The number of aromatic hydroxyl groups is 1. The Hall–Kier alpha value is -3.08. The number of nitro groups is 1. The topological polar surface area (TPSA) is 75.4 Å². The molecule has 0 unspecified atom stereocenters. The Morgan fingerprint density at radius 1 is 0.905 bits per heavy atom. The molecule has 21 heavy (non-hydrogen) atoms. The van der Waals surface area contributed by atoms with Crippen LogP contribution in [0.3, 0.4) is 0 Å². The lowest BCUT2D eigenvalue weighted by Crippen LogP contribution is -1.97. The van der Waals surface area contributed by atoms with Crippen LogP contribution in [0.25, 0.3) is 10.8 Å². The quantitative estimate of drug-likeness (QED) is 0.557. The molecule has 3 aromatic rings. The molecule has 0 aliphatic rings. The number of nitro benzene ring substituents is 1. The monoisotopic (exact) mass is 280 g/mol. The average molecular weight is 280 g/mol. The summed E-state index contributed by atoms with van der Waals surface area (Å²) in [7, 11) is 0. The molecule has 0 aliphatic heterocycles. The maximum absolute atomic E-state index is 11.1. The molecule has 0 aliphatic carbocycles. The van der Waals surface area contributed by atoms with Gasteiger partial charge in [-0.25, -0.2) is 0 Å². The predicted molar refractivity (Wildman–Crippen MR) is 82.0 cm³/mol. The van der Waals surface area contributed by atoms with Gasteiger partial charge < -0.3 is 10.4 Å². The van der Waals surface area contributed by atoms with Gasteiger partial charge >= 0.3 is 5.69 Å². The standard InChI is InChI=1S/C16H12N2O3/c19-15-10-4-9-14(16(15)18(20)21)17-13-8-3-6-11-5-1-2-7-12(11)13/h1-10,17,19H. The average Bonchev–Trinajstić information content (AvgIpc) is 2.47. The van der Waals surface area contributed by atoms with Gasteiger partial charge in [-0.15, -0.1) is 0 Å². The molecule has 0 saturated carbocycles. The minimum atomic E-state index is -0.594. The third kappa shape index (κ3) is 2.36. The van der Waals surface area contributed by atoms with E-state index in [1.165, 1.54) is 6.07 Å². The van der Waals surface area contributed by atoms with Crippen molar-refractivity contribution < 1.29 is 10.0 Å². The minimum absolute atomic E-state index is 0.261. The lowest BCUT2D eigenvalue weighted by atomic mass is 10.1. The number of anilines is 2. The van der Waals surface area contributed by atoms with Crippen molar-refractivity contribution in [3.63, 3.8) is 0 Å². The summed E-state index contributed by atoms with van der Waals surface area (Å²) in [6.07, 6.45) is 0. The summed E-state index contributed by atoms with van der Waals surface area (Å²) in [6.45, 7) is 0. The van der Waals surface area contributed by atoms with E-state index < -0.39 is 4.92 Å². The molecule has 104 valence electrons. The van der Waals surface area contributed by atoms with Crippen LogP contribution in [0.4, 0.5) is 17.1 Å². The van der Waals surface area contributed by atoms with Crippen LogP contribution in [0.2, 0.25) is 0 Å². The third-order valence-electron chi connectivity index (χ3n) is 3.26. The molecule has 3 rings (SSSR count). The van der Waals surface area contributed by atoms with Crippen molar-refractivity contribution in [3.05, 3.63) is 70.8 Å². The van der Waals surface area contributed by atoms with Crippen molar-refractivity contribution in [2.24, 2.45) is 0 Å². The fourth-order valence-corrected chi connectivity index (χ4v) is 2.30. The molecule has 0 atom stereocenters. The highest BCUT2D eigenvalue weighted by Crippen LogP contribution is 2.36. The van der Waals surface area contributed by atoms with Crippen LogP contribution in [0.15, 0.2) is 60.7 Å². The van der Waals surface area contributed by atoms with E-state index >= 15 is 0 Å². The fraction of sp³-hybridized carbons (Fsp3) is 0. The largest absolute Gasteiger partial charge is 0.502 e. The Kier molecular flexibility index (Phi) is 3.16. The van der Waals surface area contributed by atoms with E-state index in [0.717, 1.165) is 16.5 Å². The molecule has 0 spiro atoms. The van der Waals surface area contributed by atoms with Gasteiger partial charge in [0.1, 0.15) is 5.69 Å². The number of benzene rings is 3. The van der Waals surface area contributed by atoms with Crippen LogP contribution in [0.5, 0.6) is 5.75 Å². The zero-order valence-corrected chi connectivity index (χ0v) is 11.0. The number of phenolic OH excluding ortho intramolecular Hbond substituents is 1. The highest BCUT2D eigenvalue weighted by molar-refractivity contribution is 5.96. The molecule has 0 saturated heterocycles. The van der Waals surface area contributed by atoms with E-state index in [4.69, 9.17) is 0 Å².